The number of aryl methyl sites for hydroxylation is 1. The van der Waals surface area contributed by atoms with Crippen LogP contribution in [-0.2, 0) is 6.42 Å². The van der Waals surface area contributed by atoms with Crippen LogP contribution in [0.4, 0.5) is 11.4 Å². The van der Waals surface area contributed by atoms with Crippen molar-refractivity contribution in [2.24, 2.45) is 0 Å². The smallest absolute Gasteiger partial charge is 0.0610 e. The third-order valence-corrected chi connectivity index (χ3v) is 4.25. The largest absolute Gasteiger partial charge is 0.383 e. The Morgan fingerprint density at radius 2 is 2.12 bits per heavy atom. The molecular formula is C15H22N2. The van der Waals surface area contributed by atoms with E-state index in [0.29, 0.717) is 5.54 Å². The number of hydrogen-bond acceptors (Lipinski definition) is 2. The summed E-state index contributed by atoms with van der Waals surface area (Å²) in [6.45, 7) is 7.05. The van der Waals surface area contributed by atoms with Gasteiger partial charge in [-0.15, -0.1) is 0 Å². The van der Waals surface area contributed by atoms with Crippen molar-refractivity contribution in [3.05, 3.63) is 23.8 Å². The van der Waals surface area contributed by atoms with Crippen LogP contribution in [0, 0.1) is 0 Å². The minimum absolute atomic E-state index is 0.314. The maximum Gasteiger partial charge on any atom is 0.0610 e. The van der Waals surface area contributed by atoms with E-state index in [1.807, 2.05) is 0 Å². The van der Waals surface area contributed by atoms with E-state index in [4.69, 9.17) is 0 Å². The fourth-order valence-corrected chi connectivity index (χ4v) is 3.27. The highest BCUT2D eigenvalue weighted by Gasteiger charge is 2.33. The molecule has 1 N–H and O–H groups in total. The van der Waals surface area contributed by atoms with Gasteiger partial charge in [0.2, 0.25) is 0 Å². The van der Waals surface area contributed by atoms with Crippen LogP contribution >= 0.6 is 0 Å². The van der Waals surface area contributed by atoms with Gasteiger partial charge in [0, 0.05) is 18.6 Å². The van der Waals surface area contributed by atoms with E-state index < -0.39 is 0 Å². The minimum Gasteiger partial charge on any atom is -0.383 e. The number of benzene rings is 1. The van der Waals surface area contributed by atoms with Gasteiger partial charge < -0.3 is 10.2 Å². The summed E-state index contributed by atoms with van der Waals surface area (Å²) < 4.78 is 0. The summed E-state index contributed by atoms with van der Waals surface area (Å²) in [5.41, 5.74) is 4.63. The van der Waals surface area contributed by atoms with E-state index in [1.165, 1.54) is 49.2 Å². The van der Waals surface area contributed by atoms with Crippen molar-refractivity contribution in [3.63, 3.8) is 0 Å². The first kappa shape index (κ1) is 10.9. The molecule has 2 nitrogen and oxygen atoms in total. The summed E-state index contributed by atoms with van der Waals surface area (Å²) in [5, 5.41) is 3.60. The first-order valence-corrected chi connectivity index (χ1v) is 6.82. The van der Waals surface area contributed by atoms with E-state index in [0.717, 1.165) is 6.54 Å². The minimum atomic E-state index is 0.314. The van der Waals surface area contributed by atoms with Crippen LogP contribution in [0.25, 0.3) is 0 Å². The fraction of sp³-hybridized carbons (Fsp3) is 0.600. The highest BCUT2D eigenvalue weighted by Crippen LogP contribution is 2.40. The van der Waals surface area contributed by atoms with Crippen LogP contribution in [0.2, 0.25) is 0 Å². The zero-order valence-corrected chi connectivity index (χ0v) is 10.9. The topological polar surface area (TPSA) is 15.3 Å². The highest BCUT2D eigenvalue weighted by molar-refractivity contribution is 5.75. The number of anilines is 2. The molecule has 0 spiro atoms. The fourth-order valence-electron chi connectivity index (χ4n) is 3.27. The van der Waals surface area contributed by atoms with Crippen molar-refractivity contribution in [3.8, 4) is 0 Å². The third kappa shape index (κ3) is 1.80. The molecule has 0 saturated carbocycles. The molecule has 2 heterocycles. The van der Waals surface area contributed by atoms with E-state index >= 15 is 0 Å². The average molecular weight is 230 g/mol. The number of para-hydroxylation sites is 1. The summed E-state index contributed by atoms with van der Waals surface area (Å²) in [4.78, 5) is 2.59. The lowest BCUT2D eigenvalue weighted by atomic mass is 9.98. The Morgan fingerprint density at radius 1 is 1.24 bits per heavy atom. The van der Waals surface area contributed by atoms with Crippen LogP contribution in [0.1, 0.15) is 38.7 Å². The first-order chi connectivity index (χ1) is 8.18. The predicted octanol–water partition coefficient (Wildman–Crippen LogP) is 3.42. The van der Waals surface area contributed by atoms with Crippen molar-refractivity contribution in [2.75, 3.05) is 23.3 Å². The van der Waals surface area contributed by atoms with Crippen molar-refractivity contribution >= 4 is 11.4 Å². The molecule has 92 valence electrons. The van der Waals surface area contributed by atoms with Crippen LogP contribution in [0.15, 0.2) is 18.2 Å². The molecule has 0 unspecified atom stereocenters. The van der Waals surface area contributed by atoms with Gasteiger partial charge in [0.1, 0.15) is 0 Å². The highest BCUT2D eigenvalue weighted by atomic mass is 15.2. The van der Waals surface area contributed by atoms with Crippen molar-refractivity contribution in [2.45, 2.75) is 45.1 Å². The van der Waals surface area contributed by atoms with Gasteiger partial charge in [0.25, 0.3) is 0 Å². The molecule has 3 rings (SSSR count). The van der Waals surface area contributed by atoms with Crippen LogP contribution in [0.3, 0.4) is 0 Å². The van der Waals surface area contributed by atoms with Crippen molar-refractivity contribution in [1.82, 2.24) is 0 Å². The normalized spacial score (nSPS) is 22.1. The van der Waals surface area contributed by atoms with Gasteiger partial charge >= 0.3 is 0 Å². The molecule has 1 aromatic carbocycles. The summed E-state index contributed by atoms with van der Waals surface area (Å²) in [5.74, 6) is 0. The zero-order chi connectivity index (χ0) is 11.9. The van der Waals surface area contributed by atoms with Gasteiger partial charge in [-0.2, -0.15) is 0 Å². The molecular weight excluding hydrogens is 208 g/mol. The molecule has 2 aliphatic rings. The number of rotatable bonds is 1. The SMILES string of the molecule is CC1(C)CCCN1c1cccc2c1NCCC2. The average Bonchev–Trinajstić information content (AvgIpc) is 2.68. The lowest BCUT2D eigenvalue weighted by Crippen LogP contribution is -2.38. The van der Waals surface area contributed by atoms with Crippen LogP contribution < -0.4 is 10.2 Å². The van der Waals surface area contributed by atoms with Gasteiger partial charge in [0.05, 0.1) is 11.4 Å². The molecule has 0 aromatic heterocycles. The molecule has 1 fully saturated rings. The molecule has 0 radical (unpaired) electrons. The van der Waals surface area contributed by atoms with E-state index in [2.05, 4.69) is 42.3 Å². The van der Waals surface area contributed by atoms with Crippen molar-refractivity contribution < 1.29 is 0 Å². The summed E-state index contributed by atoms with van der Waals surface area (Å²) in [6, 6.07) is 6.77. The number of nitrogens with one attached hydrogen (secondary N) is 1. The second-order valence-electron chi connectivity index (χ2n) is 5.91. The Morgan fingerprint density at radius 3 is 2.88 bits per heavy atom. The molecule has 0 amide bonds. The number of nitrogens with zero attached hydrogens (tertiary/aromatic N) is 1. The van der Waals surface area contributed by atoms with Crippen LogP contribution in [-0.4, -0.2) is 18.6 Å². The summed E-state index contributed by atoms with van der Waals surface area (Å²) in [6.07, 6.45) is 5.11. The third-order valence-electron chi connectivity index (χ3n) is 4.25. The van der Waals surface area contributed by atoms with E-state index in [1.54, 1.807) is 0 Å². The first-order valence-electron chi connectivity index (χ1n) is 6.82. The molecule has 1 saturated heterocycles. The van der Waals surface area contributed by atoms with Crippen molar-refractivity contribution in [1.29, 1.82) is 0 Å². The molecule has 1 aromatic rings. The summed E-state index contributed by atoms with van der Waals surface area (Å²) in [7, 11) is 0. The van der Waals surface area contributed by atoms with E-state index in [9.17, 15) is 0 Å². The Balaban J connectivity index is 2.03. The molecule has 0 aliphatic carbocycles. The lowest BCUT2D eigenvalue weighted by Gasteiger charge is -2.36. The van der Waals surface area contributed by atoms with Gasteiger partial charge in [-0.05, 0) is 51.2 Å². The standard InChI is InChI=1S/C15H22N2/c1-15(2)9-5-11-17(15)13-8-3-6-12-7-4-10-16-14(12)13/h3,6,8,16H,4-5,7,9-11H2,1-2H3. The second kappa shape index (κ2) is 3.94. The monoisotopic (exact) mass is 230 g/mol. The Bertz CT molecular complexity index is 423. The molecule has 17 heavy (non-hydrogen) atoms. The number of hydrogen-bond donors (Lipinski definition) is 1. The van der Waals surface area contributed by atoms with Gasteiger partial charge in [-0.25, -0.2) is 0 Å². The molecule has 2 heteroatoms. The Labute approximate surface area is 104 Å². The number of fused-ring (bicyclic) bond motifs is 1. The quantitative estimate of drug-likeness (QED) is 0.795. The Hall–Kier alpha value is -1.18. The van der Waals surface area contributed by atoms with Gasteiger partial charge in [-0.1, -0.05) is 12.1 Å². The Kier molecular flexibility index (Phi) is 2.53. The molecule has 0 bridgehead atoms. The van der Waals surface area contributed by atoms with Crippen LogP contribution in [0.5, 0.6) is 0 Å². The zero-order valence-electron chi connectivity index (χ0n) is 10.9. The van der Waals surface area contributed by atoms with Gasteiger partial charge in [-0.3, -0.25) is 0 Å². The summed E-state index contributed by atoms with van der Waals surface area (Å²) >= 11 is 0. The lowest BCUT2D eigenvalue weighted by molar-refractivity contribution is 0.518. The maximum atomic E-state index is 3.60. The maximum absolute atomic E-state index is 3.60. The van der Waals surface area contributed by atoms with Gasteiger partial charge in [0.15, 0.2) is 0 Å². The second-order valence-corrected chi connectivity index (χ2v) is 5.91. The molecule has 2 aliphatic heterocycles. The van der Waals surface area contributed by atoms with E-state index in [-0.39, 0.29) is 0 Å². The molecule has 0 atom stereocenters. The predicted molar refractivity (Wildman–Crippen MR) is 73.9 cm³/mol.